The number of ether oxygens (including phenoxy) is 2. The van der Waals surface area contributed by atoms with E-state index in [1.807, 2.05) is 31.2 Å². The van der Waals surface area contributed by atoms with Gasteiger partial charge < -0.3 is 9.47 Å². The van der Waals surface area contributed by atoms with Crippen LogP contribution >= 0.6 is 0 Å². The van der Waals surface area contributed by atoms with Crippen molar-refractivity contribution in [3.8, 4) is 11.1 Å². The van der Waals surface area contributed by atoms with E-state index in [-0.39, 0.29) is 12.1 Å². The number of carbonyl (C=O) groups is 1. The standard InChI is InChI=1S/C30H34O3/c1-3-32-28-17-19-29(20-18-28)33-30(31)27-15-13-26(14-16-27)25-11-9-23(10-12-25)21-22(2)24-7-5-4-6-8-24/h4-16,22,28-29H,3,17-21H2,1-2H3/t22-,28?,29?/m1/s1. The van der Waals surface area contributed by atoms with Gasteiger partial charge in [0, 0.05) is 6.61 Å². The van der Waals surface area contributed by atoms with Gasteiger partial charge in [-0.1, -0.05) is 73.7 Å². The molecule has 0 bridgehead atoms. The molecule has 0 unspecified atom stereocenters. The maximum atomic E-state index is 12.6. The molecule has 0 aliphatic heterocycles. The average molecular weight is 443 g/mol. The number of carbonyl (C=O) groups excluding carboxylic acids is 1. The highest BCUT2D eigenvalue weighted by Gasteiger charge is 2.24. The summed E-state index contributed by atoms with van der Waals surface area (Å²) in [6.07, 6.45) is 5.02. The molecule has 0 radical (unpaired) electrons. The van der Waals surface area contributed by atoms with Crippen LogP contribution in [0.25, 0.3) is 11.1 Å². The van der Waals surface area contributed by atoms with Crippen molar-refractivity contribution in [3.05, 3.63) is 95.6 Å². The first-order chi connectivity index (χ1) is 16.1. The first-order valence-electron chi connectivity index (χ1n) is 12.2. The Balaban J connectivity index is 1.32. The van der Waals surface area contributed by atoms with Gasteiger partial charge in [-0.2, -0.15) is 0 Å². The molecule has 0 saturated heterocycles. The third-order valence-electron chi connectivity index (χ3n) is 6.62. The fourth-order valence-corrected chi connectivity index (χ4v) is 4.66. The Kier molecular flexibility index (Phi) is 7.96. The highest BCUT2D eigenvalue weighted by molar-refractivity contribution is 5.90. The fourth-order valence-electron chi connectivity index (χ4n) is 4.66. The minimum atomic E-state index is -0.230. The van der Waals surface area contributed by atoms with Crippen LogP contribution in [0.3, 0.4) is 0 Å². The summed E-state index contributed by atoms with van der Waals surface area (Å²) >= 11 is 0. The maximum Gasteiger partial charge on any atom is 0.338 e. The normalized spacial score (nSPS) is 19.1. The lowest BCUT2D eigenvalue weighted by Gasteiger charge is -2.28. The Morgan fingerprint density at radius 3 is 2.00 bits per heavy atom. The van der Waals surface area contributed by atoms with E-state index in [0.717, 1.165) is 49.8 Å². The Labute approximate surface area is 197 Å². The van der Waals surface area contributed by atoms with Gasteiger partial charge in [-0.15, -0.1) is 0 Å². The van der Waals surface area contributed by atoms with Gasteiger partial charge in [0.15, 0.2) is 0 Å². The van der Waals surface area contributed by atoms with Crippen molar-refractivity contribution in [1.82, 2.24) is 0 Å². The van der Waals surface area contributed by atoms with E-state index in [4.69, 9.17) is 9.47 Å². The first kappa shape index (κ1) is 23.3. The summed E-state index contributed by atoms with van der Waals surface area (Å²) in [4.78, 5) is 12.6. The van der Waals surface area contributed by atoms with Crippen molar-refractivity contribution in [2.75, 3.05) is 6.61 Å². The Hall–Kier alpha value is -2.91. The van der Waals surface area contributed by atoms with Crippen LogP contribution in [0.2, 0.25) is 0 Å². The Morgan fingerprint density at radius 2 is 1.39 bits per heavy atom. The molecule has 3 nitrogen and oxygen atoms in total. The van der Waals surface area contributed by atoms with E-state index < -0.39 is 0 Å². The van der Waals surface area contributed by atoms with E-state index in [1.54, 1.807) is 0 Å². The maximum absolute atomic E-state index is 12.6. The summed E-state index contributed by atoms with van der Waals surface area (Å²) in [6.45, 7) is 5.04. The smallest absolute Gasteiger partial charge is 0.338 e. The third-order valence-corrected chi connectivity index (χ3v) is 6.62. The quantitative estimate of drug-likeness (QED) is 0.346. The lowest BCUT2D eigenvalue weighted by molar-refractivity contribution is -0.0163. The molecule has 1 fully saturated rings. The molecule has 1 aliphatic rings. The minimum Gasteiger partial charge on any atom is -0.459 e. The van der Waals surface area contributed by atoms with E-state index in [0.29, 0.717) is 17.6 Å². The summed E-state index contributed by atoms with van der Waals surface area (Å²) in [5.74, 6) is 0.253. The summed E-state index contributed by atoms with van der Waals surface area (Å²) in [5.41, 5.74) is 5.56. The molecule has 33 heavy (non-hydrogen) atoms. The number of rotatable bonds is 8. The summed E-state index contributed by atoms with van der Waals surface area (Å²) in [5, 5.41) is 0. The molecule has 1 atom stereocenters. The van der Waals surface area contributed by atoms with Gasteiger partial charge in [-0.3, -0.25) is 0 Å². The fraction of sp³-hybridized carbons (Fsp3) is 0.367. The molecular formula is C30H34O3. The van der Waals surface area contributed by atoms with Crippen molar-refractivity contribution in [2.24, 2.45) is 0 Å². The van der Waals surface area contributed by atoms with Crippen molar-refractivity contribution in [2.45, 2.75) is 64.1 Å². The van der Waals surface area contributed by atoms with Gasteiger partial charge in [-0.25, -0.2) is 4.79 Å². The second kappa shape index (κ2) is 11.3. The van der Waals surface area contributed by atoms with Crippen LogP contribution < -0.4 is 0 Å². The molecule has 0 amide bonds. The SMILES string of the molecule is CCOC1CCC(OC(=O)c2ccc(-c3ccc(C[C@@H](C)c4ccccc4)cc3)cc2)CC1. The first-order valence-corrected chi connectivity index (χ1v) is 12.2. The summed E-state index contributed by atoms with van der Waals surface area (Å²) in [6, 6.07) is 27.1. The molecule has 1 saturated carbocycles. The van der Waals surface area contributed by atoms with E-state index in [1.165, 1.54) is 11.1 Å². The summed E-state index contributed by atoms with van der Waals surface area (Å²) < 4.78 is 11.4. The van der Waals surface area contributed by atoms with Crippen molar-refractivity contribution < 1.29 is 14.3 Å². The third kappa shape index (κ3) is 6.33. The molecule has 3 aromatic carbocycles. The topological polar surface area (TPSA) is 35.5 Å². The van der Waals surface area contributed by atoms with Crippen LogP contribution in [-0.4, -0.2) is 24.8 Å². The lowest BCUT2D eigenvalue weighted by atomic mass is 9.93. The zero-order valence-electron chi connectivity index (χ0n) is 19.7. The van der Waals surface area contributed by atoms with Crippen molar-refractivity contribution in [1.29, 1.82) is 0 Å². The summed E-state index contributed by atoms with van der Waals surface area (Å²) in [7, 11) is 0. The molecule has 0 N–H and O–H groups in total. The van der Waals surface area contributed by atoms with E-state index >= 15 is 0 Å². The van der Waals surface area contributed by atoms with Crippen LogP contribution in [-0.2, 0) is 15.9 Å². The number of hydrogen-bond acceptors (Lipinski definition) is 3. The predicted octanol–water partition coefficient (Wildman–Crippen LogP) is 7.20. The van der Waals surface area contributed by atoms with Gasteiger partial charge in [-0.05, 0) is 79.3 Å². The minimum absolute atomic E-state index is 0.000273. The van der Waals surface area contributed by atoms with Crippen molar-refractivity contribution >= 4 is 5.97 Å². The molecule has 0 spiro atoms. The van der Waals surface area contributed by atoms with Crippen LogP contribution in [0.1, 0.15) is 66.9 Å². The molecule has 3 aromatic rings. The predicted molar refractivity (Wildman–Crippen MR) is 134 cm³/mol. The largest absolute Gasteiger partial charge is 0.459 e. The van der Waals surface area contributed by atoms with Gasteiger partial charge in [0.2, 0.25) is 0 Å². The Bertz CT molecular complexity index is 1000. The Morgan fingerprint density at radius 1 is 0.818 bits per heavy atom. The molecule has 4 rings (SSSR count). The second-order valence-electron chi connectivity index (χ2n) is 9.05. The van der Waals surface area contributed by atoms with Crippen LogP contribution in [0.15, 0.2) is 78.9 Å². The molecule has 0 aromatic heterocycles. The molecule has 1 aliphatic carbocycles. The highest BCUT2D eigenvalue weighted by atomic mass is 16.5. The lowest BCUT2D eigenvalue weighted by Crippen LogP contribution is -2.28. The highest BCUT2D eigenvalue weighted by Crippen LogP contribution is 2.26. The van der Waals surface area contributed by atoms with Gasteiger partial charge >= 0.3 is 5.97 Å². The zero-order valence-corrected chi connectivity index (χ0v) is 19.7. The molecule has 0 heterocycles. The molecule has 3 heteroatoms. The van der Waals surface area contributed by atoms with E-state index in [9.17, 15) is 4.79 Å². The van der Waals surface area contributed by atoms with Gasteiger partial charge in [0.25, 0.3) is 0 Å². The second-order valence-corrected chi connectivity index (χ2v) is 9.05. The van der Waals surface area contributed by atoms with Gasteiger partial charge in [0.05, 0.1) is 11.7 Å². The van der Waals surface area contributed by atoms with Crippen LogP contribution in [0, 0.1) is 0 Å². The van der Waals surface area contributed by atoms with Crippen LogP contribution in [0.5, 0.6) is 0 Å². The number of esters is 1. The average Bonchev–Trinajstić information content (AvgIpc) is 2.86. The zero-order chi connectivity index (χ0) is 23.0. The molecular weight excluding hydrogens is 408 g/mol. The van der Waals surface area contributed by atoms with Crippen LogP contribution in [0.4, 0.5) is 0 Å². The van der Waals surface area contributed by atoms with E-state index in [2.05, 4.69) is 61.5 Å². The number of hydrogen-bond donors (Lipinski definition) is 0. The van der Waals surface area contributed by atoms with Crippen molar-refractivity contribution in [3.63, 3.8) is 0 Å². The number of benzene rings is 3. The molecule has 172 valence electrons. The monoisotopic (exact) mass is 442 g/mol. The van der Waals surface area contributed by atoms with Gasteiger partial charge in [0.1, 0.15) is 6.10 Å².